The first-order chi connectivity index (χ1) is 13.9. The van der Waals surface area contributed by atoms with Gasteiger partial charge in [0.15, 0.2) is 0 Å². The summed E-state index contributed by atoms with van der Waals surface area (Å²) in [5.74, 6) is 0.439. The van der Waals surface area contributed by atoms with Gasteiger partial charge >= 0.3 is 11.9 Å². The van der Waals surface area contributed by atoms with E-state index < -0.39 is 23.1 Å². The van der Waals surface area contributed by atoms with Crippen LogP contribution in [-0.4, -0.2) is 20.2 Å². The van der Waals surface area contributed by atoms with E-state index >= 15 is 0 Å². The van der Waals surface area contributed by atoms with Gasteiger partial charge < -0.3 is 4.74 Å². The number of nitrogens with zero attached hydrogens (tertiary/aromatic N) is 3. The topological polar surface area (TPSA) is 66.1 Å². The number of aryl methyl sites for hydroxylation is 1. The minimum absolute atomic E-state index is 0.0768. The fourth-order valence-corrected chi connectivity index (χ4v) is 3.92. The van der Waals surface area contributed by atoms with Crippen LogP contribution in [0.25, 0.3) is 16.3 Å². The molecule has 0 saturated carbocycles. The zero-order chi connectivity index (χ0) is 22.4. The molecule has 0 atom stereocenters. The van der Waals surface area contributed by atoms with Crippen LogP contribution in [0.15, 0.2) is 33.9 Å². The smallest absolute Gasteiger partial charge is 0.431 e. The molecule has 0 amide bonds. The normalized spacial score (nSPS) is 11.9. The highest BCUT2D eigenvalue weighted by atomic mass is 35.5. The van der Waals surface area contributed by atoms with Crippen LogP contribution in [0.2, 0.25) is 5.02 Å². The van der Waals surface area contributed by atoms with Gasteiger partial charge in [0.25, 0.3) is 5.56 Å². The number of halogens is 4. The molecule has 2 heterocycles. The molecule has 6 nitrogen and oxygen atoms in total. The standard InChI is InChI=1S/C19H17ClF3N3O3S/c1-9(2)29-16-10(3)30-17(24-16)12-7-11(5-6-13(12)20)26-15(27)8-14(19(21,22)23)25(4)18(26)28/h5-9H,1-4H3. The lowest BCUT2D eigenvalue weighted by Gasteiger charge is -2.14. The van der Waals surface area contributed by atoms with Crippen molar-refractivity contribution in [3.63, 3.8) is 0 Å². The van der Waals surface area contributed by atoms with Gasteiger partial charge in [0, 0.05) is 18.7 Å². The van der Waals surface area contributed by atoms with Gasteiger partial charge in [-0.2, -0.15) is 13.2 Å². The van der Waals surface area contributed by atoms with Crippen molar-refractivity contribution in [2.75, 3.05) is 0 Å². The molecule has 3 aromatic rings. The Morgan fingerprint density at radius 3 is 2.47 bits per heavy atom. The Morgan fingerprint density at radius 1 is 1.20 bits per heavy atom. The second kappa shape index (κ2) is 7.92. The third kappa shape index (κ3) is 4.15. The van der Waals surface area contributed by atoms with Crippen LogP contribution in [0.4, 0.5) is 13.2 Å². The van der Waals surface area contributed by atoms with Crippen molar-refractivity contribution >= 4 is 22.9 Å². The van der Waals surface area contributed by atoms with Gasteiger partial charge in [-0.05, 0) is 39.0 Å². The van der Waals surface area contributed by atoms with Crippen LogP contribution in [0.3, 0.4) is 0 Å². The van der Waals surface area contributed by atoms with Gasteiger partial charge in [0.05, 0.1) is 21.7 Å². The van der Waals surface area contributed by atoms with Crippen molar-refractivity contribution in [3.05, 3.63) is 60.7 Å². The quantitative estimate of drug-likeness (QED) is 0.579. The number of benzene rings is 1. The Bertz CT molecular complexity index is 1230. The first-order valence-corrected chi connectivity index (χ1v) is 9.94. The summed E-state index contributed by atoms with van der Waals surface area (Å²) in [6.07, 6.45) is -4.92. The molecule has 0 spiro atoms. The molecule has 0 N–H and O–H groups in total. The summed E-state index contributed by atoms with van der Waals surface area (Å²) >= 11 is 7.59. The van der Waals surface area contributed by atoms with Gasteiger partial charge in [-0.1, -0.05) is 11.6 Å². The minimum atomic E-state index is -4.83. The Labute approximate surface area is 178 Å². The number of ether oxygens (including phenoxy) is 1. The lowest BCUT2D eigenvalue weighted by Crippen LogP contribution is -2.40. The molecule has 0 bridgehead atoms. The van der Waals surface area contributed by atoms with E-state index in [4.69, 9.17) is 16.3 Å². The molecular formula is C19H17ClF3N3O3S. The van der Waals surface area contributed by atoms with Crippen LogP contribution in [0, 0.1) is 6.92 Å². The van der Waals surface area contributed by atoms with Crippen molar-refractivity contribution in [1.29, 1.82) is 0 Å². The van der Waals surface area contributed by atoms with Gasteiger partial charge in [-0.3, -0.25) is 9.36 Å². The summed E-state index contributed by atoms with van der Waals surface area (Å²) in [7, 11) is 0.956. The van der Waals surface area contributed by atoms with E-state index in [1.807, 2.05) is 20.8 Å². The van der Waals surface area contributed by atoms with Gasteiger partial charge in [0.1, 0.15) is 10.7 Å². The number of alkyl halides is 3. The number of hydrogen-bond donors (Lipinski definition) is 0. The number of thiazole rings is 1. The van der Waals surface area contributed by atoms with E-state index in [1.54, 1.807) is 0 Å². The Balaban J connectivity index is 2.17. The van der Waals surface area contributed by atoms with Gasteiger partial charge in [-0.15, -0.1) is 11.3 Å². The molecule has 0 saturated heterocycles. The molecule has 0 radical (unpaired) electrons. The third-order valence-corrected chi connectivity index (χ3v) is 5.47. The molecule has 160 valence electrons. The molecular weight excluding hydrogens is 443 g/mol. The Morgan fingerprint density at radius 2 is 1.87 bits per heavy atom. The van der Waals surface area contributed by atoms with Gasteiger partial charge in [-0.25, -0.2) is 14.3 Å². The van der Waals surface area contributed by atoms with Crippen LogP contribution < -0.4 is 16.0 Å². The van der Waals surface area contributed by atoms with E-state index in [9.17, 15) is 22.8 Å². The number of hydrogen-bond acceptors (Lipinski definition) is 5. The largest absolute Gasteiger partial charge is 0.474 e. The molecule has 3 rings (SSSR count). The summed E-state index contributed by atoms with van der Waals surface area (Å²) in [5.41, 5.74) is -3.04. The van der Waals surface area contributed by atoms with Crippen molar-refractivity contribution < 1.29 is 17.9 Å². The van der Waals surface area contributed by atoms with Gasteiger partial charge in [0.2, 0.25) is 5.88 Å². The maximum absolute atomic E-state index is 13.1. The first kappa shape index (κ1) is 22.1. The number of rotatable bonds is 4. The Kier molecular flexibility index (Phi) is 5.83. The molecule has 0 aliphatic heterocycles. The SMILES string of the molecule is Cc1sc(-c2cc(-n3c(=O)cc(C(F)(F)F)n(C)c3=O)ccc2Cl)nc1OC(C)C. The van der Waals surface area contributed by atoms with E-state index in [1.165, 1.54) is 29.5 Å². The van der Waals surface area contributed by atoms with Crippen molar-refractivity contribution in [2.45, 2.75) is 33.1 Å². The van der Waals surface area contributed by atoms with Crippen molar-refractivity contribution in [2.24, 2.45) is 7.05 Å². The summed E-state index contributed by atoms with van der Waals surface area (Å²) < 4.78 is 45.9. The highest BCUT2D eigenvalue weighted by Crippen LogP contribution is 2.37. The minimum Gasteiger partial charge on any atom is -0.474 e. The van der Waals surface area contributed by atoms with E-state index in [-0.39, 0.29) is 11.8 Å². The first-order valence-electron chi connectivity index (χ1n) is 8.74. The molecule has 0 aliphatic rings. The molecule has 11 heteroatoms. The maximum atomic E-state index is 13.1. The summed E-state index contributed by atoms with van der Waals surface area (Å²) in [6, 6.07) is 4.66. The zero-order valence-corrected chi connectivity index (χ0v) is 17.9. The number of aromatic nitrogens is 3. The average molecular weight is 460 g/mol. The summed E-state index contributed by atoms with van der Waals surface area (Å²) in [6.45, 7) is 5.55. The highest BCUT2D eigenvalue weighted by molar-refractivity contribution is 7.15. The van der Waals surface area contributed by atoms with E-state index in [0.29, 0.717) is 36.7 Å². The zero-order valence-electron chi connectivity index (χ0n) is 16.4. The Hall–Kier alpha value is -2.59. The molecule has 30 heavy (non-hydrogen) atoms. The lowest BCUT2D eigenvalue weighted by atomic mass is 10.2. The van der Waals surface area contributed by atoms with E-state index in [2.05, 4.69) is 4.98 Å². The maximum Gasteiger partial charge on any atom is 0.431 e. The predicted molar refractivity (Wildman–Crippen MR) is 109 cm³/mol. The van der Waals surface area contributed by atoms with Crippen LogP contribution in [-0.2, 0) is 13.2 Å². The molecule has 2 aromatic heterocycles. The lowest BCUT2D eigenvalue weighted by molar-refractivity contribution is -0.144. The highest BCUT2D eigenvalue weighted by Gasteiger charge is 2.35. The van der Waals surface area contributed by atoms with Crippen LogP contribution in [0.1, 0.15) is 24.4 Å². The second-order valence-corrected chi connectivity index (χ2v) is 8.36. The molecule has 1 aromatic carbocycles. The average Bonchev–Trinajstić information content (AvgIpc) is 2.98. The molecule has 0 aliphatic carbocycles. The van der Waals surface area contributed by atoms with Crippen molar-refractivity contribution in [3.8, 4) is 22.1 Å². The van der Waals surface area contributed by atoms with Crippen LogP contribution in [0.5, 0.6) is 5.88 Å². The second-order valence-electron chi connectivity index (χ2n) is 6.75. The molecule has 0 fully saturated rings. The fraction of sp³-hybridized carbons (Fsp3) is 0.316. The fourth-order valence-electron chi connectivity index (χ4n) is 2.78. The van der Waals surface area contributed by atoms with Crippen LogP contribution >= 0.6 is 22.9 Å². The monoisotopic (exact) mass is 459 g/mol. The summed E-state index contributed by atoms with van der Waals surface area (Å²) in [5, 5.41) is 0.798. The molecule has 0 unspecified atom stereocenters. The van der Waals surface area contributed by atoms with E-state index in [0.717, 1.165) is 11.9 Å². The predicted octanol–water partition coefficient (Wildman–Crippen LogP) is 4.43. The van der Waals surface area contributed by atoms with Crippen molar-refractivity contribution in [1.82, 2.24) is 14.1 Å². The summed E-state index contributed by atoms with van der Waals surface area (Å²) in [4.78, 5) is 30.1. The third-order valence-electron chi connectivity index (χ3n) is 4.15.